The van der Waals surface area contributed by atoms with Gasteiger partial charge in [0.25, 0.3) is 0 Å². The molecule has 0 aliphatic carbocycles. The molecule has 0 unspecified atom stereocenters. The summed E-state index contributed by atoms with van der Waals surface area (Å²) in [5.41, 5.74) is 0.0533. The Morgan fingerprint density at radius 2 is 0.950 bits per heavy atom. The van der Waals surface area contributed by atoms with E-state index in [1.807, 2.05) is 0 Å². The van der Waals surface area contributed by atoms with Crippen molar-refractivity contribution in [1.29, 1.82) is 0 Å². The topological polar surface area (TPSA) is 18.5 Å². The third kappa shape index (κ3) is 8.23. The van der Waals surface area contributed by atoms with E-state index in [-0.39, 0.29) is 16.7 Å². The van der Waals surface area contributed by atoms with E-state index in [0.29, 0.717) is 0 Å². The summed E-state index contributed by atoms with van der Waals surface area (Å²) in [5.74, 6) is 0. The van der Waals surface area contributed by atoms with Crippen LogP contribution in [0, 0.1) is 0 Å². The SMILES string of the molecule is CC(C)(C)OCC[N+](C)(CCOC(C)(C)C)C(C)(C)C. The van der Waals surface area contributed by atoms with Crippen LogP contribution in [-0.4, -0.2) is 54.6 Å². The Morgan fingerprint density at radius 3 is 1.15 bits per heavy atom. The van der Waals surface area contributed by atoms with Crippen molar-refractivity contribution in [3.63, 3.8) is 0 Å². The molecule has 0 radical (unpaired) electrons. The summed E-state index contributed by atoms with van der Waals surface area (Å²) in [6, 6.07) is 0. The van der Waals surface area contributed by atoms with Crippen molar-refractivity contribution < 1.29 is 14.0 Å². The van der Waals surface area contributed by atoms with Gasteiger partial charge in [0.15, 0.2) is 0 Å². The number of quaternary nitrogens is 1. The minimum absolute atomic E-state index is 0.0649. The predicted molar refractivity (Wildman–Crippen MR) is 87.1 cm³/mol. The van der Waals surface area contributed by atoms with Gasteiger partial charge in [-0.2, -0.15) is 0 Å². The van der Waals surface area contributed by atoms with Gasteiger partial charge in [-0.15, -0.1) is 0 Å². The molecule has 0 rings (SSSR count). The number of ether oxygens (including phenoxy) is 2. The van der Waals surface area contributed by atoms with E-state index < -0.39 is 0 Å². The second kappa shape index (κ2) is 6.76. The molecule has 0 aromatic heterocycles. The maximum absolute atomic E-state index is 5.91. The molecule has 0 aliphatic rings. The summed E-state index contributed by atoms with van der Waals surface area (Å²) in [5, 5.41) is 0. The van der Waals surface area contributed by atoms with Crippen LogP contribution in [-0.2, 0) is 9.47 Å². The first kappa shape index (κ1) is 19.9. The minimum Gasteiger partial charge on any atom is -0.370 e. The van der Waals surface area contributed by atoms with Crippen LogP contribution in [0.25, 0.3) is 0 Å². The summed E-state index contributed by atoms with van der Waals surface area (Å²) in [4.78, 5) is 0. The molecule has 0 saturated carbocycles. The molecule has 0 heterocycles. The van der Waals surface area contributed by atoms with Gasteiger partial charge in [-0.1, -0.05) is 0 Å². The van der Waals surface area contributed by atoms with Crippen LogP contribution in [0.15, 0.2) is 0 Å². The van der Waals surface area contributed by atoms with Gasteiger partial charge < -0.3 is 14.0 Å². The molecule has 0 bridgehead atoms. The molecule has 0 saturated heterocycles. The number of nitrogens with zero attached hydrogens (tertiary/aromatic N) is 1. The Bertz CT molecular complexity index is 259. The Morgan fingerprint density at radius 1 is 0.650 bits per heavy atom. The first-order valence-electron chi connectivity index (χ1n) is 7.79. The maximum atomic E-state index is 5.91. The molecule has 0 atom stereocenters. The second-order valence-electron chi connectivity index (χ2n) is 8.94. The van der Waals surface area contributed by atoms with E-state index in [4.69, 9.17) is 9.47 Å². The van der Waals surface area contributed by atoms with Gasteiger partial charge in [-0.25, -0.2) is 0 Å². The number of likely N-dealkylation sites (N-methyl/N-ethyl adjacent to an activating group) is 1. The highest BCUT2D eigenvalue weighted by Gasteiger charge is 2.36. The fraction of sp³-hybridized carbons (Fsp3) is 1.00. The highest BCUT2D eigenvalue weighted by Crippen LogP contribution is 2.23. The van der Waals surface area contributed by atoms with Gasteiger partial charge in [0, 0.05) is 0 Å². The van der Waals surface area contributed by atoms with Gasteiger partial charge in [-0.3, -0.25) is 0 Å². The van der Waals surface area contributed by atoms with Crippen LogP contribution in [0.2, 0.25) is 0 Å². The Balaban J connectivity index is 4.53. The lowest BCUT2D eigenvalue weighted by molar-refractivity contribution is -0.954. The lowest BCUT2D eigenvalue weighted by Gasteiger charge is -2.46. The first-order chi connectivity index (χ1) is 8.66. The molecular weight excluding hydrogens is 250 g/mol. The van der Waals surface area contributed by atoms with Gasteiger partial charge in [0.05, 0.1) is 37.0 Å². The minimum atomic E-state index is -0.0649. The van der Waals surface area contributed by atoms with Crippen LogP contribution >= 0.6 is 0 Å². The monoisotopic (exact) mass is 288 g/mol. The maximum Gasteiger partial charge on any atom is 0.103 e. The van der Waals surface area contributed by atoms with Crippen molar-refractivity contribution in [2.24, 2.45) is 0 Å². The second-order valence-corrected chi connectivity index (χ2v) is 8.94. The molecule has 0 aliphatic heterocycles. The zero-order valence-electron chi connectivity index (χ0n) is 15.6. The van der Waals surface area contributed by atoms with Crippen molar-refractivity contribution in [2.45, 2.75) is 79.1 Å². The summed E-state index contributed by atoms with van der Waals surface area (Å²) in [7, 11) is 2.30. The van der Waals surface area contributed by atoms with Crippen molar-refractivity contribution in [1.82, 2.24) is 0 Å². The van der Waals surface area contributed by atoms with Crippen LogP contribution < -0.4 is 0 Å². The average molecular weight is 288 g/mol. The fourth-order valence-electron chi connectivity index (χ4n) is 1.89. The molecule has 3 nitrogen and oxygen atoms in total. The van der Waals surface area contributed by atoms with Crippen molar-refractivity contribution in [3.8, 4) is 0 Å². The summed E-state index contributed by atoms with van der Waals surface area (Å²) in [6.07, 6.45) is 0. The highest BCUT2D eigenvalue weighted by atomic mass is 16.5. The smallest absolute Gasteiger partial charge is 0.103 e. The van der Waals surface area contributed by atoms with E-state index >= 15 is 0 Å². The molecule has 122 valence electrons. The largest absolute Gasteiger partial charge is 0.370 e. The van der Waals surface area contributed by atoms with Crippen LogP contribution in [0.1, 0.15) is 62.3 Å². The number of hydrogen-bond acceptors (Lipinski definition) is 2. The quantitative estimate of drug-likeness (QED) is 0.691. The standard InChI is InChI=1S/C17H38NO2/c1-15(2,3)18(10,11-13-19-16(4,5)6)12-14-20-17(7,8)9/h11-14H2,1-10H3/q+1. The number of hydrogen-bond donors (Lipinski definition) is 0. The molecule has 0 N–H and O–H groups in total. The Hall–Kier alpha value is -0.120. The molecule has 0 aromatic rings. The zero-order chi connectivity index (χ0) is 16.2. The van der Waals surface area contributed by atoms with Gasteiger partial charge in [0.1, 0.15) is 13.1 Å². The molecular formula is C17H38NO2+. The third-order valence-corrected chi connectivity index (χ3v) is 3.86. The molecule has 3 heteroatoms. The Kier molecular flexibility index (Phi) is 6.72. The zero-order valence-corrected chi connectivity index (χ0v) is 15.6. The van der Waals surface area contributed by atoms with E-state index in [0.717, 1.165) is 30.8 Å². The van der Waals surface area contributed by atoms with E-state index in [9.17, 15) is 0 Å². The van der Waals surface area contributed by atoms with E-state index in [1.54, 1.807) is 0 Å². The molecule has 20 heavy (non-hydrogen) atoms. The van der Waals surface area contributed by atoms with Gasteiger partial charge in [-0.05, 0) is 62.3 Å². The molecule has 0 fully saturated rings. The highest BCUT2D eigenvalue weighted by molar-refractivity contribution is 4.65. The fourth-order valence-corrected chi connectivity index (χ4v) is 1.89. The predicted octanol–water partition coefficient (Wildman–Crippen LogP) is 3.86. The average Bonchev–Trinajstić information content (AvgIpc) is 2.11. The molecule has 0 aromatic carbocycles. The van der Waals surface area contributed by atoms with Gasteiger partial charge >= 0.3 is 0 Å². The summed E-state index contributed by atoms with van der Waals surface area (Å²) in [6.45, 7) is 23.1. The van der Waals surface area contributed by atoms with E-state index in [2.05, 4.69) is 69.4 Å². The number of rotatable bonds is 6. The van der Waals surface area contributed by atoms with Crippen molar-refractivity contribution in [3.05, 3.63) is 0 Å². The van der Waals surface area contributed by atoms with Crippen molar-refractivity contribution >= 4 is 0 Å². The van der Waals surface area contributed by atoms with Crippen LogP contribution in [0.3, 0.4) is 0 Å². The summed E-state index contributed by atoms with van der Waals surface area (Å²) < 4.78 is 12.8. The van der Waals surface area contributed by atoms with Crippen LogP contribution in [0.4, 0.5) is 0 Å². The first-order valence-corrected chi connectivity index (χ1v) is 7.79. The molecule has 0 spiro atoms. The summed E-state index contributed by atoms with van der Waals surface area (Å²) >= 11 is 0. The normalized spacial score (nSPS) is 14.7. The lowest BCUT2D eigenvalue weighted by Crippen LogP contribution is -2.60. The third-order valence-electron chi connectivity index (χ3n) is 3.86. The van der Waals surface area contributed by atoms with Crippen molar-refractivity contribution in [2.75, 3.05) is 33.4 Å². The Labute approximate surface area is 127 Å². The van der Waals surface area contributed by atoms with Crippen LogP contribution in [0.5, 0.6) is 0 Å². The van der Waals surface area contributed by atoms with E-state index in [1.165, 1.54) is 0 Å². The lowest BCUT2D eigenvalue weighted by atomic mass is 10.0. The van der Waals surface area contributed by atoms with Gasteiger partial charge in [0.2, 0.25) is 0 Å². The molecule has 0 amide bonds.